The van der Waals surface area contributed by atoms with Gasteiger partial charge in [-0.15, -0.1) is 0 Å². The van der Waals surface area contributed by atoms with Gasteiger partial charge in [-0.05, 0) is 39.8 Å². The summed E-state index contributed by atoms with van der Waals surface area (Å²) in [7, 11) is 0. The number of rotatable bonds is 26. The Morgan fingerprint density at radius 3 is 1.13 bits per heavy atom. The Bertz CT molecular complexity index is 2280. The van der Waals surface area contributed by atoms with Crippen LogP contribution in [0.2, 0.25) is 0 Å². The predicted octanol–water partition coefficient (Wildman–Crippen LogP) is 8.36. The van der Waals surface area contributed by atoms with Gasteiger partial charge in [0.2, 0.25) is 0 Å². The Kier molecular flexibility index (Phi) is 19.9. The third kappa shape index (κ3) is 15.2. The van der Waals surface area contributed by atoms with Gasteiger partial charge in [-0.25, -0.2) is 0 Å². The summed E-state index contributed by atoms with van der Waals surface area (Å²) in [4.78, 5) is 0. The largest absolute Gasteiger partial charge is 0.396 e. The Balaban J connectivity index is 1.16. The van der Waals surface area contributed by atoms with E-state index in [1.54, 1.807) is 0 Å². The molecule has 2 fully saturated rings. The van der Waals surface area contributed by atoms with Gasteiger partial charge in [0.25, 0.3) is 0 Å². The Morgan fingerprint density at radius 2 is 0.710 bits per heavy atom. The van der Waals surface area contributed by atoms with Gasteiger partial charge in [-0.3, -0.25) is 0 Å². The zero-order chi connectivity index (χ0) is 47.3. The lowest BCUT2D eigenvalue weighted by molar-refractivity contribution is -0.375. The highest BCUT2D eigenvalue weighted by Crippen LogP contribution is 2.36. The summed E-state index contributed by atoms with van der Waals surface area (Å²) in [5, 5.41) is 22.3. The van der Waals surface area contributed by atoms with Crippen molar-refractivity contribution in [1.29, 1.82) is 0 Å². The topological polar surface area (TPSA) is 133 Å². The molecule has 2 aliphatic rings. The first-order valence-electron chi connectivity index (χ1n) is 23.8. The SMILES string of the molecule is OCCCO[C@@H]1O[C@H](COCc2ccccc2)[C@H](O)[C@H](O[C@H]2O[C@H](COCc3ccccc3)[C@H](OCc3ccccc3)[C@H](OCc3ccccc3)[C@H]2OCc2ccccc2)[C@H]1OCc1ccccc1. The number of aliphatic hydroxyl groups is 2. The van der Waals surface area contributed by atoms with Gasteiger partial charge in [0.15, 0.2) is 12.6 Å². The van der Waals surface area contributed by atoms with Crippen LogP contribution in [-0.4, -0.2) is 98.1 Å². The monoisotopic (exact) mass is 940 g/mol. The molecule has 0 unspecified atom stereocenters. The second-order valence-electron chi connectivity index (χ2n) is 17.2. The number of ether oxygens (including phenoxy) is 10. The molecule has 0 bridgehead atoms. The summed E-state index contributed by atoms with van der Waals surface area (Å²) >= 11 is 0. The molecule has 0 aliphatic carbocycles. The van der Waals surface area contributed by atoms with Gasteiger partial charge in [-0.1, -0.05) is 182 Å². The first-order valence-corrected chi connectivity index (χ1v) is 23.8. The zero-order valence-electron chi connectivity index (χ0n) is 38.8. The first-order chi connectivity index (χ1) is 34.1. The molecule has 2 aliphatic heterocycles. The summed E-state index contributed by atoms with van der Waals surface area (Å²) < 4.78 is 67.3. The summed E-state index contributed by atoms with van der Waals surface area (Å²) in [6.45, 7) is 1.65. The van der Waals surface area contributed by atoms with Crippen molar-refractivity contribution in [3.63, 3.8) is 0 Å². The van der Waals surface area contributed by atoms with E-state index >= 15 is 0 Å². The van der Waals surface area contributed by atoms with Crippen LogP contribution in [0.15, 0.2) is 182 Å². The molecule has 8 rings (SSSR count). The van der Waals surface area contributed by atoms with E-state index in [-0.39, 0.29) is 52.9 Å². The van der Waals surface area contributed by atoms with Crippen molar-refractivity contribution in [3.8, 4) is 0 Å². The molecule has 10 atom stereocenters. The van der Waals surface area contributed by atoms with Crippen LogP contribution in [0, 0.1) is 0 Å². The van der Waals surface area contributed by atoms with Gasteiger partial charge in [0.05, 0.1) is 59.5 Å². The zero-order valence-corrected chi connectivity index (χ0v) is 38.8. The van der Waals surface area contributed by atoms with E-state index in [1.165, 1.54) is 0 Å². The maximum Gasteiger partial charge on any atom is 0.187 e. The average Bonchev–Trinajstić information content (AvgIpc) is 3.40. The van der Waals surface area contributed by atoms with E-state index in [1.807, 2.05) is 182 Å². The Labute approximate surface area is 405 Å². The van der Waals surface area contributed by atoms with Crippen LogP contribution in [0.3, 0.4) is 0 Å². The summed E-state index contributed by atoms with van der Waals surface area (Å²) in [6, 6.07) is 59.2. The van der Waals surface area contributed by atoms with E-state index in [0.29, 0.717) is 19.6 Å². The molecule has 0 saturated carbocycles. The van der Waals surface area contributed by atoms with Crippen molar-refractivity contribution >= 4 is 0 Å². The molecule has 69 heavy (non-hydrogen) atoms. The highest BCUT2D eigenvalue weighted by atomic mass is 16.8. The normalized spacial score (nSPS) is 24.8. The quantitative estimate of drug-likeness (QED) is 0.0507. The van der Waals surface area contributed by atoms with E-state index in [9.17, 15) is 10.2 Å². The smallest absolute Gasteiger partial charge is 0.187 e. The minimum atomic E-state index is -1.30. The van der Waals surface area contributed by atoms with Crippen molar-refractivity contribution < 1.29 is 57.6 Å². The second-order valence-corrected chi connectivity index (χ2v) is 17.2. The van der Waals surface area contributed by atoms with Crippen LogP contribution in [0.1, 0.15) is 39.8 Å². The third-order valence-electron chi connectivity index (χ3n) is 12.0. The molecule has 12 heteroatoms. The lowest BCUT2D eigenvalue weighted by atomic mass is 9.96. The van der Waals surface area contributed by atoms with Crippen molar-refractivity contribution in [2.45, 2.75) is 107 Å². The number of hydrogen-bond donors (Lipinski definition) is 2. The fourth-order valence-electron chi connectivity index (χ4n) is 8.40. The minimum Gasteiger partial charge on any atom is -0.396 e. The van der Waals surface area contributed by atoms with Crippen LogP contribution in [-0.2, 0) is 87.0 Å². The van der Waals surface area contributed by atoms with Crippen LogP contribution in [0.4, 0.5) is 0 Å². The molecule has 2 heterocycles. The molecule has 0 amide bonds. The van der Waals surface area contributed by atoms with Crippen LogP contribution < -0.4 is 0 Å². The molecule has 2 saturated heterocycles. The van der Waals surface area contributed by atoms with Crippen molar-refractivity contribution in [2.24, 2.45) is 0 Å². The molecular formula is C57H64O12. The maximum atomic E-state index is 12.5. The number of hydrogen-bond acceptors (Lipinski definition) is 12. The van der Waals surface area contributed by atoms with E-state index in [0.717, 1.165) is 33.4 Å². The van der Waals surface area contributed by atoms with Gasteiger partial charge in [0, 0.05) is 6.61 Å². The predicted molar refractivity (Wildman–Crippen MR) is 258 cm³/mol. The molecule has 6 aromatic rings. The van der Waals surface area contributed by atoms with E-state index < -0.39 is 61.4 Å². The van der Waals surface area contributed by atoms with Crippen molar-refractivity contribution in [1.82, 2.24) is 0 Å². The summed E-state index contributed by atoms with van der Waals surface area (Å²) in [5.41, 5.74) is 5.72. The van der Waals surface area contributed by atoms with Crippen molar-refractivity contribution in [2.75, 3.05) is 26.4 Å². The van der Waals surface area contributed by atoms with Crippen molar-refractivity contribution in [3.05, 3.63) is 215 Å². The van der Waals surface area contributed by atoms with E-state index in [2.05, 4.69) is 0 Å². The first kappa shape index (κ1) is 50.2. The lowest BCUT2D eigenvalue weighted by Crippen LogP contribution is -2.66. The summed E-state index contributed by atoms with van der Waals surface area (Å²) in [5.74, 6) is 0. The molecule has 6 aromatic carbocycles. The van der Waals surface area contributed by atoms with Gasteiger partial charge >= 0.3 is 0 Å². The maximum absolute atomic E-state index is 12.5. The van der Waals surface area contributed by atoms with Crippen LogP contribution in [0.5, 0.6) is 0 Å². The highest BCUT2D eigenvalue weighted by molar-refractivity contribution is 5.18. The van der Waals surface area contributed by atoms with Crippen LogP contribution >= 0.6 is 0 Å². The van der Waals surface area contributed by atoms with Gasteiger partial charge in [0.1, 0.15) is 48.8 Å². The number of benzene rings is 6. The Morgan fingerprint density at radius 1 is 0.362 bits per heavy atom. The third-order valence-corrected chi connectivity index (χ3v) is 12.0. The molecule has 12 nitrogen and oxygen atoms in total. The number of aliphatic hydroxyl groups excluding tert-OH is 2. The van der Waals surface area contributed by atoms with Gasteiger partial charge < -0.3 is 57.6 Å². The van der Waals surface area contributed by atoms with Crippen LogP contribution in [0.25, 0.3) is 0 Å². The molecule has 2 N–H and O–H groups in total. The molecule has 0 radical (unpaired) electrons. The molecular weight excluding hydrogens is 877 g/mol. The second kappa shape index (κ2) is 27.3. The molecule has 0 aromatic heterocycles. The lowest BCUT2D eigenvalue weighted by Gasteiger charge is -2.49. The minimum absolute atomic E-state index is 0.00874. The standard InChI is InChI=1S/C57H64O12/c58-32-19-33-62-56-54(65-38-46-28-15-5-16-29-46)52(50(59)48(67-56)40-60-34-42-20-7-1-8-21-42)69-57-55(66-39-47-30-17-6-18-31-47)53(64-37-45-26-13-4-14-27-45)51(63-36-44-24-11-3-12-25-44)49(68-57)41-61-35-43-22-9-2-10-23-43/h1-18,20-31,48-59H,19,32-41H2/t48-,49-,50+,51+,52+,53+,54-,55-,56-,57-/m1/s1. The average molecular weight is 941 g/mol. The summed E-state index contributed by atoms with van der Waals surface area (Å²) in [6.07, 6.45) is -9.38. The van der Waals surface area contributed by atoms with Gasteiger partial charge in [-0.2, -0.15) is 0 Å². The highest BCUT2D eigenvalue weighted by Gasteiger charge is 2.54. The molecule has 0 spiro atoms. The fraction of sp³-hybridized carbons (Fsp3) is 0.368. The Hall–Kier alpha value is -5.16. The fourth-order valence-corrected chi connectivity index (χ4v) is 8.40. The molecule has 364 valence electrons. The van der Waals surface area contributed by atoms with E-state index in [4.69, 9.17) is 47.4 Å².